The highest BCUT2D eigenvalue weighted by Gasteiger charge is 2.34. The number of fused-ring (bicyclic) bond motifs is 1. The Morgan fingerprint density at radius 1 is 1.00 bits per heavy atom. The zero-order chi connectivity index (χ0) is 18.5. The molecule has 0 N–H and O–H groups in total. The van der Waals surface area contributed by atoms with Crippen molar-refractivity contribution in [3.05, 3.63) is 65.2 Å². The molecule has 2 amide bonds. The Hall–Kier alpha value is -3.15. The van der Waals surface area contributed by atoms with E-state index >= 15 is 0 Å². The molecule has 1 aliphatic heterocycles. The van der Waals surface area contributed by atoms with E-state index in [2.05, 4.69) is 0 Å². The third-order valence-electron chi connectivity index (χ3n) is 4.02. The van der Waals surface area contributed by atoms with E-state index in [9.17, 15) is 14.4 Å². The van der Waals surface area contributed by atoms with E-state index in [4.69, 9.17) is 9.47 Å². The molecule has 0 bridgehead atoms. The summed E-state index contributed by atoms with van der Waals surface area (Å²) in [6, 6.07) is 13.5. The van der Waals surface area contributed by atoms with Crippen LogP contribution in [0.4, 0.5) is 0 Å². The molecule has 2 aromatic carbocycles. The van der Waals surface area contributed by atoms with Gasteiger partial charge in [-0.3, -0.25) is 14.5 Å². The summed E-state index contributed by atoms with van der Waals surface area (Å²) in [6.45, 7) is 2.70. The van der Waals surface area contributed by atoms with Gasteiger partial charge in [0.2, 0.25) is 0 Å². The highest BCUT2D eigenvalue weighted by atomic mass is 16.5. The van der Waals surface area contributed by atoms with Crippen LogP contribution >= 0.6 is 0 Å². The number of rotatable bonds is 7. The molecule has 6 nitrogen and oxygen atoms in total. The second kappa shape index (κ2) is 7.82. The Morgan fingerprint density at radius 3 is 2.35 bits per heavy atom. The van der Waals surface area contributed by atoms with Gasteiger partial charge in [0.1, 0.15) is 5.75 Å². The average Bonchev–Trinajstić information content (AvgIpc) is 2.90. The second-order valence-electron chi connectivity index (χ2n) is 5.76. The standard InChI is InChI=1S/C20H19NO5/c1-2-25-15-8-5-7-14(13-15)20(24)26-12-6-11-21-18(22)16-9-3-4-10-17(16)19(21)23/h3-5,7-10,13H,2,6,11-12H2,1H3. The summed E-state index contributed by atoms with van der Waals surface area (Å²) in [4.78, 5) is 37.7. The van der Waals surface area contributed by atoms with Crippen LogP contribution in [-0.4, -0.2) is 42.4 Å². The summed E-state index contributed by atoms with van der Waals surface area (Å²) in [5.41, 5.74) is 1.24. The number of benzene rings is 2. The van der Waals surface area contributed by atoms with Gasteiger partial charge < -0.3 is 9.47 Å². The van der Waals surface area contributed by atoms with Crippen molar-refractivity contribution < 1.29 is 23.9 Å². The van der Waals surface area contributed by atoms with Crippen LogP contribution in [0.3, 0.4) is 0 Å². The van der Waals surface area contributed by atoms with Gasteiger partial charge in [0.05, 0.1) is 29.9 Å². The van der Waals surface area contributed by atoms with Gasteiger partial charge in [-0.2, -0.15) is 0 Å². The van der Waals surface area contributed by atoms with Crippen molar-refractivity contribution in [3.63, 3.8) is 0 Å². The van der Waals surface area contributed by atoms with E-state index < -0.39 is 5.97 Å². The molecule has 134 valence electrons. The first-order valence-corrected chi connectivity index (χ1v) is 8.47. The highest BCUT2D eigenvalue weighted by Crippen LogP contribution is 2.22. The topological polar surface area (TPSA) is 72.9 Å². The average molecular weight is 353 g/mol. The fraction of sp³-hybridized carbons (Fsp3) is 0.250. The molecular weight excluding hydrogens is 334 g/mol. The third kappa shape index (κ3) is 3.59. The van der Waals surface area contributed by atoms with Crippen molar-refractivity contribution in [2.75, 3.05) is 19.8 Å². The van der Waals surface area contributed by atoms with Crippen molar-refractivity contribution in [1.82, 2.24) is 4.90 Å². The maximum Gasteiger partial charge on any atom is 0.338 e. The first kappa shape index (κ1) is 17.7. The van der Waals surface area contributed by atoms with Crippen LogP contribution in [0, 0.1) is 0 Å². The summed E-state index contributed by atoms with van der Waals surface area (Å²) in [6.07, 6.45) is 0.377. The zero-order valence-electron chi connectivity index (χ0n) is 14.4. The molecule has 1 heterocycles. The molecule has 26 heavy (non-hydrogen) atoms. The van der Waals surface area contributed by atoms with Crippen LogP contribution in [0.15, 0.2) is 48.5 Å². The summed E-state index contributed by atoms with van der Waals surface area (Å²) in [5.74, 6) is -0.468. The Balaban J connectivity index is 1.50. The van der Waals surface area contributed by atoms with Crippen LogP contribution in [0.1, 0.15) is 44.4 Å². The maximum atomic E-state index is 12.2. The summed E-state index contributed by atoms with van der Waals surface area (Å²) >= 11 is 0. The van der Waals surface area contributed by atoms with Gasteiger partial charge in [0.25, 0.3) is 11.8 Å². The minimum absolute atomic E-state index is 0.116. The molecule has 0 aromatic heterocycles. The Labute approximate surface area is 151 Å². The van der Waals surface area contributed by atoms with Crippen molar-refractivity contribution >= 4 is 17.8 Å². The van der Waals surface area contributed by atoms with Crippen molar-refractivity contribution in [1.29, 1.82) is 0 Å². The summed E-state index contributed by atoms with van der Waals surface area (Å²) < 4.78 is 10.6. The number of carbonyl (C=O) groups is 3. The van der Waals surface area contributed by atoms with E-state index in [0.29, 0.717) is 35.5 Å². The molecule has 2 aromatic rings. The molecule has 0 saturated carbocycles. The summed E-state index contributed by atoms with van der Waals surface area (Å²) in [5, 5.41) is 0. The fourth-order valence-electron chi connectivity index (χ4n) is 2.79. The number of imide groups is 1. The number of hydrogen-bond acceptors (Lipinski definition) is 5. The molecular formula is C20H19NO5. The van der Waals surface area contributed by atoms with Crippen LogP contribution in [0.25, 0.3) is 0 Å². The quantitative estimate of drug-likeness (QED) is 0.435. The van der Waals surface area contributed by atoms with Crippen LogP contribution < -0.4 is 4.74 Å². The van der Waals surface area contributed by atoms with E-state index in [1.807, 2.05) is 6.92 Å². The Morgan fingerprint density at radius 2 is 1.69 bits per heavy atom. The van der Waals surface area contributed by atoms with Gasteiger partial charge in [-0.1, -0.05) is 18.2 Å². The molecule has 1 aliphatic rings. The van der Waals surface area contributed by atoms with E-state index in [-0.39, 0.29) is 25.0 Å². The molecule has 0 spiro atoms. The number of amides is 2. The van der Waals surface area contributed by atoms with Crippen LogP contribution in [-0.2, 0) is 4.74 Å². The Kier molecular flexibility index (Phi) is 5.31. The predicted molar refractivity (Wildman–Crippen MR) is 94.3 cm³/mol. The number of nitrogens with zero attached hydrogens (tertiary/aromatic N) is 1. The molecule has 0 atom stereocenters. The Bertz CT molecular complexity index is 811. The molecule has 0 aliphatic carbocycles. The van der Waals surface area contributed by atoms with E-state index in [1.165, 1.54) is 4.90 Å². The number of esters is 1. The second-order valence-corrected chi connectivity index (χ2v) is 5.76. The lowest BCUT2D eigenvalue weighted by Crippen LogP contribution is -2.31. The molecule has 0 radical (unpaired) electrons. The summed E-state index contributed by atoms with van der Waals surface area (Å²) in [7, 11) is 0. The maximum absolute atomic E-state index is 12.2. The molecule has 0 unspecified atom stereocenters. The van der Waals surface area contributed by atoms with Crippen LogP contribution in [0.5, 0.6) is 5.75 Å². The SMILES string of the molecule is CCOc1cccc(C(=O)OCCCN2C(=O)c3ccccc3C2=O)c1. The van der Waals surface area contributed by atoms with Crippen molar-refractivity contribution in [2.45, 2.75) is 13.3 Å². The zero-order valence-corrected chi connectivity index (χ0v) is 14.4. The lowest BCUT2D eigenvalue weighted by atomic mass is 10.1. The smallest absolute Gasteiger partial charge is 0.338 e. The van der Waals surface area contributed by atoms with E-state index in [1.54, 1.807) is 48.5 Å². The lowest BCUT2D eigenvalue weighted by molar-refractivity contribution is 0.0482. The number of hydrogen-bond donors (Lipinski definition) is 0. The molecule has 0 saturated heterocycles. The molecule has 0 fully saturated rings. The lowest BCUT2D eigenvalue weighted by Gasteiger charge is -2.13. The molecule has 3 rings (SSSR count). The number of carbonyl (C=O) groups excluding carboxylic acids is 3. The molecule has 6 heteroatoms. The predicted octanol–water partition coefficient (Wildman–Crippen LogP) is 2.93. The number of ether oxygens (including phenoxy) is 2. The van der Waals surface area contributed by atoms with Crippen LogP contribution in [0.2, 0.25) is 0 Å². The first-order chi connectivity index (χ1) is 12.6. The van der Waals surface area contributed by atoms with Gasteiger partial charge >= 0.3 is 5.97 Å². The third-order valence-corrected chi connectivity index (χ3v) is 4.02. The van der Waals surface area contributed by atoms with Gasteiger partial charge in [-0.25, -0.2) is 4.79 Å². The van der Waals surface area contributed by atoms with E-state index in [0.717, 1.165) is 0 Å². The largest absolute Gasteiger partial charge is 0.494 e. The minimum atomic E-state index is -0.464. The van der Waals surface area contributed by atoms with Gasteiger partial charge in [0.15, 0.2) is 0 Å². The fourth-order valence-corrected chi connectivity index (χ4v) is 2.79. The van der Waals surface area contributed by atoms with Crippen molar-refractivity contribution in [3.8, 4) is 5.75 Å². The van der Waals surface area contributed by atoms with Crippen molar-refractivity contribution in [2.24, 2.45) is 0 Å². The first-order valence-electron chi connectivity index (χ1n) is 8.47. The van der Waals surface area contributed by atoms with Gasteiger partial charge in [-0.15, -0.1) is 0 Å². The van der Waals surface area contributed by atoms with Gasteiger partial charge in [-0.05, 0) is 43.7 Å². The highest BCUT2D eigenvalue weighted by molar-refractivity contribution is 6.21. The monoisotopic (exact) mass is 353 g/mol. The minimum Gasteiger partial charge on any atom is -0.494 e. The van der Waals surface area contributed by atoms with Gasteiger partial charge in [0, 0.05) is 6.54 Å². The normalized spacial score (nSPS) is 12.9.